The van der Waals surface area contributed by atoms with Gasteiger partial charge in [-0.3, -0.25) is 0 Å². The molecular weight excluding hydrogens is 276 g/mol. The summed E-state index contributed by atoms with van der Waals surface area (Å²) in [7, 11) is 0. The predicted octanol–water partition coefficient (Wildman–Crippen LogP) is 3.41. The topological polar surface area (TPSA) is 59.9 Å². The molecule has 1 heterocycles. The second kappa shape index (κ2) is 7.05. The number of anilines is 1. The maximum absolute atomic E-state index is 6.18. The van der Waals surface area contributed by atoms with Crippen LogP contribution in [0.4, 0.5) is 5.95 Å². The third-order valence-corrected chi connectivity index (χ3v) is 2.83. The molecule has 0 atom stereocenters. The van der Waals surface area contributed by atoms with Crippen LogP contribution in [0.3, 0.4) is 0 Å². The van der Waals surface area contributed by atoms with Crippen molar-refractivity contribution >= 4 is 17.5 Å². The molecule has 5 nitrogen and oxygen atoms in total. The van der Waals surface area contributed by atoms with Gasteiger partial charge in [-0.15, -0.1) is 0 Å². The van der Waals surface area contributed by atoms with Crippen molar-refractivity contribution in [1.82, 2.24) is 15.0 Å². The second-order valence-electron chi connectivity index (χ2n) is 4.12. The molecule has 1 aromatic carbocycles. The first-order valence-electron chi connectivity index (χ1n) is 6.62. The summed E-state index contributed by atoms with van der Waals surface area (Å²) in [5.41, 5.74) is 0.761. The molecule has 0 bridgehead atoms. The van der Waals surface area contributed by atoms with Crippen LogP contribution >= 0.6 is 11.6 Å². The number of halogens is 1. The number of aromatic nitrogens is 3. The maximum Gasteiger partial charge on any atom is 0.321 e. The van der Waals surface area contributed by atoms with Crippen LogP contribution in [0.25, 0.3) is 11.4 Å². The number of hydrogen-bond acceptors (Lipinski definition) is 5. The Morgan fingerprint density at radius 1 is 1.15 bits per heavy atom. The summed E-state index contributed by atoms with van der Waals surface area (Å²) in [5.74, 6) is 0.996. The Labute approximate surface area is 123 Å². The molecule has 0 aliphatic carbocycles. The summed E-state index contributed by atoms with van der Waals surface area (Å²) in [4.78, 5) is 12.9. The van der Waals surface area contributed by atoms with Gasteiger partial charge in [-0.1, -0.05) is 30.7 Å². The standard InChI is InChI=1S/C14H17ClN4O/c1-3-9-20-14-18-12(17-13(19-14)16-4-2)10-7-5-6-8-11(10)15/h5-8H,3-4,9H2,1-2H3,(H,16,17,18,19). The number of nitrogens with one attached hydrogen (secondary N) is 1. The van der Waals surface area contributed by atoms with Gasteiger partial charge in [-0.25, -0.2) is 0 Å². The van der Waals surface area contributed by atoms with Gasteiger partial charge in [0.15, 0.2) is 5.82 Å². The SMILES string of the molecule is CCCOc1nc(NCC)nc(-c2ccccc2Cl)n1. The van der Waals surface area contributed by atoms with Gasteiger partial charge in [-0.2, -0.15) is 15.0 Å². The highest BCUT2D eigenvalue weighted by Gasteiger charge is 2.11. The van der Waals surface area contributed by atoms with Gasteiger partial charge in [0.1, 0.15) is 0 Å². The minimum absolute atomic E-state index is 0.313. The first-order valence-corrected chi connectivity index (χ1v) is 7.00. The summed E-state index contributed by atoms with van der Waals surface area (Å²) < 4.78 is 5.50. The number of nitrogens with zero attached hydrogens (tertiary/aromatic N) is 3. The quantitative estimate of drug-likeness (QED) is 0.884. The maximum atomic E-state index is 6.18. The van der Waals surface area contributed by atoms with Crippen molar-refractivity contribution in [2.24, 2.45) is 0 Å². The molecule has 2 aromatic rings. The zero-order valence-electron chi connectivity index (χ0n) is 11.6. The molecule has 0 fully saturated rings. The van der Waals surface area contributed by atoms with Gasteiger partial charge in [0.2, 0.25) is 5.95 Å². The van der Waals surface area contributed by atoms with Crippen molar-refractivity contribution in [1.29, 1.82) is 0 Å². The lowest BCUT2D eigenvalue weighted by Crippen LogP contribution is -2.08. The van der Waals surface area contributed by atoms with E-state index in [0.717, 1.165) is 18.5 Å². The van der Waals surface area contributed by atoms with Crippen LogP contribution in [0.2, 0.25) is 5.02 Å². The molecule has 6 heteroatoms. The van der Waals surface area contributed by atoms with Gasteiger partial charge in [-0.05, 0) is 25.5 Å². The van der Waals surface area contributed by atoms with Gasteiger partial charge >= 0.3 is 6.01 Å². The molecular formula is C14H17ClN4O. The Balaban J connectivity index is 2.40. The van der Waals surface area contributed by atoms with E-state index in [1.165, 1.54) is 0 Å². The summed E-state index contributed by atoms with van der Waals surface area (Å²) in [6, 6.07) is 7.75. The summed E-state index contributed by atoms with van der Waals surface area (Å²) in [5, 5.41) is 3.67. The van der Waals surface area contributed by atoms with Crippen molar-refractivity contribution in [2.45, 2.75) is 20.3 Å². The van der Waals surface area contributed by atoms with Gasteiger partial charge in [0, 0.05) is 12.1 Å². The van der Waals surface area contributed by atoms with E-state index in [0.29, 0.717) is 29.4 Å². The first kappa shape index (κ1) is 14.5. The minimum atomic E-state index is 0.313. The van der Waals surface area contributed by atoms with Crippen LogP contribution in [-0.2, 0) is 0 Å². The van der Waals surface area contributed by atoms with Crippen LogP contribution in [0.5, 0.6) is 6.01 Å². The van der Waals surface area contributed by atoms with E-state index in [1.807, 2.05) is 32.0 Å². The molecule has 0 saturated heterocycles. The fraction of sp³-hybridized carbons (Fsp3) is 0.357. The lowest BCUT2D eigenvalue weighted by molar-refractivity contribution is 0.292. The Morgan fingerprint density at radius 2 is 1.95 bits per heavy atom. The van der Waals surface area contributed by atoms with E-state index >= 15 is 0 Å². The first-order chi connectivity index (χ1) is 9.74. The Hall–Kier alpha value is -1.88. The number of benzene rings is 1. The number of rotatable bonds is 6. The molecule has 1 N–H and O–H groups in total. The average molecular weight is 293 g/mol. The van der Waals surface area contributed by atoms with Gasteiger partial charge in [0.25, 0.3) is 0 Å². The molecule has 1 aromatic heterocycles. The van der Waals surface area contributed by atoms with E-state index in [2.05, 4.69) is 20.3 Å². The molecule has 2 rings (SSSR count). The van der Waals surface area contributed by atoms with Crippen LogP contribution in [0.15, 0.2) is 24.3 Å². The lowest BCUT2D eigenvalue weighted by Gasteiger charge is -2.09. The average Bonchev–Trinajstić information content (AvgIpc) is 2.46. The molecule has 0 unspecified atom stereocenters. The van der Waals surface area contributed by atoms with Crippen molar-refractivity contribution in [2.75, 3.05) is 18.5 Å². The highest BCUT2D eigenvalue weighted by atomic mass is 35.5. The zero-order valence-corrected chi connectivity index (χ0v) is 12.3. The number of ether oxygens (including phenoxy) is 1. The molecule has 0 saturated carbocycles. The van der Waals surface area contributed by atoms with Crippen LogP contribution < -0.4 is 10.1 Å². The molecule has 0 aliphatic rings. The van der Waals surface area contributed by atoms with Crippen LogP contribution in [0, 0.1) is 0 Å². The highest BCUT2D eigenvalue weighted by molar-refractivity contribution is 6.33. The minimum Gasteiger partial charge on any atom is -0.463 e. The molecule has 106 valence electrons. The van der Waals surface area contributed by atoms with E-state index < -0.39 is 0 Å². The summed E-state index contributed by atoms with van der Waals surface area (Å²) in [6.45, 7) is 5.30. The monoisotopic (exact) mass is 292 g/mol. The predicted molar refractivity (Wildman–Crippen MR) is 80.2 cm³/mol. The molecule has 20 heavy (non-hydrogen) atoms. The van der Waals surface area contributed by atoms with Gasteiger partial charge < -0.3 is 10.1 Å². The van der Waals surface area contributed by atoms with Crippen LogP contribution in [-0.4, -0.2) is 28.1 Å². The van der Waals surface area contributed by atoms with Crippen molar-refractivity contribution < 1.29 is 4.74 Å². The van der Waals surface area contributed by atoms with Crippen molar-refractivity contribution in [3.63, 3.8) is 0 Å². The van der Waals surface area contributed by atoms with E-state index in [9.17, 15) is 0 Å². The van der Waals surface area contributed by atoms with Gasteiger partial charge in [0.05, 0.1) is 11.6 Å². The smallest absolute Gasteiger partial charge is 0.321 e. The molecule has 0 aliphatic heterocycles. The van der Waals surface area contributed by atoms with E-state index in [-0.39, 0.29) is 0 Å². The fourth-order valence-corrected chi connectivity index (χ4v) is 1.83. The normalized spacial score (nSPS) is 10.3. The third kappa shape index (κ3) is 3.57. The van der Waals surface area contributed by atoms with E-state index in [1.54, 1.807) is 6.07 Å². The van der Waals surface area contributed by atoms with Crippen LogP contribution in [0.1, 0.15) is 20.3 Å². The molecule has 0 spiro atoms. The molecule has 0 amide bonds. The fourth-order valence-electron chi connectivity index (χ4n) is 1.61. The Bertz CT molecular complexity index is 577. The van der Waals surface area contributed by atoms with E-state index in [4.69, 9.17) is 16.3 Å². The number of hydrogen-bond donors (Lipinski definition) is 1. The molecule has 0 radical (unpaired) electrons. The Morgan fingerprint density at radius 3 is 2.65 bits per heavy atom. The Kier molecular flexibility index (Phi) is 5.12. The van der Waals surface area contributed by atoms with Crippen molar-refractivity contribution in [3.05, 3.63) is 29.3 Å². The lowest BCUT2D eigenvalue weighted by atomic mass is 10.2. The second-order valence-corrected chi connectivity index (χ2v) is 4.53. The highest BCUT2D eigenvalue weighted by Crippen LogP contribution is 2.26. The van der Waals surface area contributed by atoms with Crippen molar-refractivity contribution in [3.8, 4) is 17.4 Å². The zero-order chi connectivity index (χ0) is 14.4. The third-order valence-electron chi connectivity index (χ3n) is 2.50. The largest absolute Gasteiger partial charge is 0.463 e. The summed E-state index contributed by atoms with van der Waals surface area (Å²) >= 11 is 6.18. The summed E-state index contributed by atoms with van der Waals surface area (Å²) in [6.07, 6.45) is 0.893.